The lowest BCUT2D eigenvalue weighted by Gasteiger charge is -2.47. The van der Waals surface area contributed by atoms with E-state index in [0.717, 1.165) is 36.3 Å². The number of rotatable bonds is 12. The smallest absolute Gasteiger partial charge is 0.327 e. The topological polar surface area (TPSA) is 121 Å². The molecule has 0 radical (unpaired) electrons. The lowest BCUT2D eigenvalue weighted by Crippen LogP contribution is -2.55. The van der Waals surface area contributed by atoms with Gasteiger partial charge in [-0.05, 0) is 55.7 Å². The molecule has 2 heterocycles. The maximum Gasteiger partial charge on any atom is 0.327 e. The SMILES string of the molecule is CCCC(=O)C1(C2CCCCC2)CCN(C(=O)[C@@H](Cc2ccc(OC)cc2)N(S)C(=O)NCCc2cn[nH]n2)CC1. The quantitative estimate of drug-likeness (QED) is 0.319. The number of carbonyl (C=O) groups is 3. The molecule has 1 aromatic carbocycles. The van der Waals surface area contributed by atoms with E-state index in [4.69, 9.17) is 4.74 Å². The Bertz CT molecular complexity index is 1130. The average Bonchev–Trinajstić information content (AvgIpc) is 3.53. The fourth-order valence-electron chi connectivity index (χ4n) is 6.51. The number of aromatic nitrogens is 3. The van der Waals surface area contributed by atoms with Gasteiger partial charge in [0.1, 0.15) is 17.6 Å². The number of thiol groups is 1. The summed E-state index contributed by atoms with van der Waals surface area (Å²) >= 11 is 4.53. The third-order valence-electron chi connectivity index (χ3n) is 8.89. The first-order chi connectivity index (χ1) is 19.9. The Balaban J connectivity index is 1.47. The van der Waals surface area contributed by atoms with Crippen molar-refractivity contribution in [3.63, 3.8) is 0 Å². The number of nitrogens with one attached hydrogen (secondary N) is 2. The van der Waals surface area contributed by atoms with Gasteiger partial charge in [-0.15, -0.1) is 0 Å². The maximum absolute atomic E-state index is 14.0. The molecule has 2 fully saturated rings. The van der Waals surface area contributed by atoms with Gasteiger partial charge in [0, 0.05) is 44.3 Å². The molecule has 0 bridgehead atoms. The van der Waals surface area contributed by atoms with E-state index in [-0.39, 0.29) is 11.3 Å². The van der Waals surface area contributed by atoms with Gasteiger partial charge in [-0.1, -0.05) is 51.1 Å². The Morgan fingerprint density at radius 2 is 1.88 bits per heavy atom. The molecule has 1 atom stereocenters. The number of ether oxygens (including phenoxy) is 1. The van der Waals surface area contributed by atoms with Gasteiger partial charge in [0.25, 0.3) is 0 Å². The van der Waals surface area contributed by atoms with Crippen LogP contribution in [0.15, 0.2) is 30.5 Å². The average molecular weight is 585 g/mol. The number of likely N-dealkylation sites (tertiary alicyclic amines) is 1. The largest absolute Gasteiger partial charge is 0.497 e. The summed E-state index contributed by atoms with van der Waals surface area (Å²) < 4.78 is 6.49. The summed E-state index contributed by atoms with van der Waals surface area (Å²) in [5, 5.41) is 13.2. The van der Waals surface area contributed by atoms with Crippen LogP contribution in [0.2, 0.25) is 0 Å². The van der Waals surface area contributed by atoms with Crippen LogP contribution in [-0.4, -0.2) is 75.1 Å². The molecule has 0 spiro atoms. The highest BCUT2D eigenvalue weighted by molar-refractivity contribution is 7.78. The van der Waals surface area contributed by atoms with Gasteiger partial charge in [0.05, 0.1) is 19.0 Å². The molecule has 224 valence electrons. The van der Waals surface area contributed by atoms with Gasteiger partial charge in [0.15, 0.2) is 0 Å². The van der Waals surface area contributed by atoms with E-state index in [9.17, 15) is 14.4 Å². The van der Waals surface area contributed by atoms with E-state index < -0.39 is 12.1 Å². The number of H-pyrrole nitrogens is 1. The predicted octanol–water partition coefficient (Wildman–Crippen LogP) is 4.38. The molecule has 41 heavy (non-hydrogen) atoms. The molecule has 4 rings (SSSR count). The van der Waals surface area contributed by atoms with Crippen molar-refractivity contribution in [3.05, 3.63) is 41.7 Å². The van der Waals surface area contributed by atoms with Crippen molar-refractivity contribution >= 4 is 30.5 Å². The number of aromatic amines is 1. The number of amides is 3. The standard InChI is InChI=1S/C30H44N6O4S/c1-3-7-27(37)30(23-8-5-4-6-9-23)15-18-35(19-16-30)28(38)26(20-22-10-12-25(40-2)13-11-22)36(41)29(39)31-17-14-24-21-32-34-33-24/h10-13,21,23,26,41H,3-9,14-20H2,1-2H3,(H,31,39)(H,32,33,34)/t26-/m1/s1. The van der Waals surface area contributed by atoms with Crippen molar-refractivity contribution in [2.24, 2.45) is 11.3 Å². The minimum Gasteiger partial charge on any atom is -0.497 e. The number of Topliss-reactive ketones (excluding diaryl/α,β-unsaturated/α-hetero) is 1. The van der Waals surface area contributed by atoms with Crippen molar-refractivity contribution in [1.82, 2.24) is 29.9 Å². The Kier molecular flexibility index (Phi) is 11.1. The highest BCUT2D eigenvalue weighted by atomic mass is 32.1. The van der Waals surface area contributed by atoms with Gasteiger partial charge in [-0.2, -0.15) is 15.4 Å². The second-order valence-electron chi connectivity index (χ2n) is 11.3. The molecule has 2 aromatic rings. The van der Waals surface area contributed by atoms with Gasteiger partial charge < -0.3 is 15.0 Å². The number of hydrogen-bond acceptors (Lipinski definition) is 7. The van der Waals surface area contributed by atoms with Gasteiger partial charge in [0.2, 0.25) is 5.91 Å². The highest BCUT2D eigenvalue weighted by Gasteiger charge is 2.47. The van der Waals surface area contributed by atoms with Crippen molar-refractivity contribution in [3.8, 4) is 5.75 Å². The van der Waals surface area contributed by atoms with Crippen LogP contribution in [-0.2, 0) is 22.4 Å². The van der Waals surface area contributed by atoms with Crippen LogP contribution in [0, 0.1) is 11.3 Å². The zero-order valence-corrected chi connectivity index (χ0v) is 25.2. The van der Waals surface area contributed by atoms with Gasteiger partial charge in [-0.3, -0.25) is 13.9 Å². The third-order valence-corrected chi connectivity index (χ3v) is 9.35. The summed E-state index contributed by atoms with van der Waals surface area (Å²) in [6.07, 6.45) is 11.0. The molecule has 11 heteroatoms. The molecule has 1 aliphatic heterocycles. The second kappa shape index (κ2) is 14.7. The van der Waals surface area contributed by atoms with Gasteiger partial charge in [-0.25, -0.2) is 4.79 Å². The molecular formula is C30H44N6O4S. The van der Waals surface area contributed by atoms with Crippen LogP contribution < -0.4 is 10.1 Å². The third kappa shape index (κ3) is 7.61. The molecule has 2 N–H and O–H groups in total. The number of hydrogen-bond donors (Lipinski definition) is 3. The van der Waals surface area contributed by atoms with Crippen LogP contribution in [0.1, 0.15) is 76.0 Å². The number of carbonyl (C=O) groups excluding carboxylic acids is 3. The number of benzene rings is 1. The highest BCUT2D eigenvalue weighted by Crippen LogP contribution is 2.47. The Morgan fingerprint density at radius 1 is 1.17 bits per heavy atom. The maximum atomic E-state index is 14.0. The summed E-state index contributed by atoms with van der Waals surface area (Å²) in [6, 6.07) is 6.23. The summed E-state index contributed by atoms with van der Waals surface area (Å²) in [5.74, 6) is 1.34. The van der Waals surface area contributed by atoms with E-state index in [1.54, 1.807) is 13.3 Å². The lowest BCUT2D eigenvalue weighted by atomic mass is 9.61. The molecule has 1 aromatic heterocycles. The van der Waals surface area contributed by atoms with Crippen molar-refractivity contribution < 1.29 is 19.1 Å². The molecule has 0 unspecified atom stereocenters. The van der Waals surface area contributed by atoms with E-state index in [1.165, 1.54) is 23.6 Å². The molecule has 1 saturated carbocycles. The zero-order valence-electron chi connectivity index (χ0n) is 24.3. The minimum atomic E-state index is -0.813. The Hall–Kier alpha value is -3.08. The van der Waals surface area contributed by atoms with Crippen LogP contribution in [0.3, 0.4) is 0 Å². The van der Waals surface area contributed by atoms with E-state index in [2.05, 4.69) is 40.5 Å². The molecular weight excluding hydrogens is 540 g/mol. The lowest BCUT2D eigenvalue weighted by molar-refractivity contribution is -0.145. The first-order valence-electron chi connectivity index (χ1n) is 14.9. The first kappa shape index (κ1) is 30.9. The molecule has 1 saturated heterocycles. The van der Waals surface area contributed by atoms with Crippen molar-refractivity contribution in [2.75, 3.05) is 26.7 Å². The normalized spacial score (nSPS) is 18.0. The number of ketones is 1. The molecule has 3 amide bonds. The molecule has 1 aliphatic carbocycles. The summed E-state index contributed by atoms with van der Waals surface area (Å²) in [5.41, 5.74) is 1.29. The number of urea groups is 1. The van der Waals surface area contributed by atoms with Crippen LogP contribution in [0.4, 0.5) is 4.79 Å². The number of piperidine rings is 1. The van der Waals surface area contributed by atoms with Crippen molar-refractivity contribution in [1.29, 1.82) is 0 Å². The number of methoxy groups -OCH3 is 1. The van der Waals surface area contributed by atoms with Crippen LogP contribution >= 0.6 is 12.8 Å². The van der Waals surface area contributed by atoms with E-state index in [1.807, 2.05) is 29.2 Å². The fraction of sp³-hybridized carbons (Fsp3) is 0.633. The Morgan fingerprint density at radius 3 is 2.49 bits per heavy atom. The van der Waals surface area contributed by atoms with Crippen molar-refractivity contribution in [2.45, 2.75) is 83.6 Å². The van der Waals surface area contributed by atoms with Crippen LogP contribution in [0.5, 0.6) is 5.75 Å². The second-order valence-corrected chi connectivity index (χ2v) is 11.8. The summed E-state index contributed by atoms with van der Waals surface area (Å²) in [4.78, 5) is 42.5. The van der Waals surface area contributed by atoms with E-state index >= 15 is 0 Å². The number of nitrogens with zero attached hydrogens (tertiary/aromatic N) is 4. The predicted molar refractivity (Wildman–Crippen MR) is 160 cm³/mol. The Labute approximate surface area is 248 Å². The molecule has 2 aliphatic rings. The zero-order chi connectivity index (χ0) is 29.2. The van der Waals surface area contributed by atoms with Gasteiger partial charge >= 0.3 is 6.03 Å². The minimum absolute atomic E-state index is 0.150. The summed E-state index contributed by atoms with van der Waals surface area (Å²) in [6.45, 7) is 3.42. The fourth-order valence-corrected chi connectivity index (χ4v) is 6.76. The monoisotopic (exact) mass is 584 g/mol. The summed E-state index contributed by atoms with van der Waals surface area (Å²) in [7, 11) is 1.61. The molecule has 10 nitrogen and oxygen atoms in total. The van der Waals surface area contributed by atoms with Crippen LogP contribution in [0.25, 0.3) is 0 Å². The first-order valence-corrected chi connectivity index (χ1v) is 15.3. The van der Waals surface area contributed by atoms with E-state index in [0.29, 0.717) is 63.4 Å².